The van der Waals surface area contributed by atoms with Gasteiger partial charge in [0.05, 0.1) is 11.5 Å². The zero-order chi connectivity index (χ0) is 25.8. The van der Waals surface area contributed by atoms with E-state index in [0.29, 0.717) is 22.2 Å². The maximum absolute atomic E-state index is 13.8. The summed E-state index contributed by atoms with van der Waals surface area (Å²) in [7, 11) is -3.84. The van der Waals surface area contributed by atoms with Crippen molar-refractivity contribution in [2.45, 2.75) is 59.0 Å². The van der Waals surface area contributed by atoms with Crippen LogP contribution in [0.5, 0.6) is 0 Å². The van der Waals surface area contributed by atoms with Crippen LogP contribution in [-0.4, -0.2) is 30.3 Å². The molecular weight excluding hydrogens is 484 g/mol. The van der Waals surface area contributed by atoms with Crippen LogP contribution < -0.4 is 0 Å². The average molecular weight is 517 g/mol. The summed E-state index contributed by atoms with van der Waals surface area (Å²) in [4.78, 5) is 15.7. The SMILES string of the molecule is CCOC(=O)c1[nH]c(C)c(CN(Cc2ccc(Cl)cc2)S(=O)(=O)c2ccc(CC(C)C)cc2)c1C. The average Bonchev–Trinajstić information content (AvgIpc) is 3.08. The van der Waals surface area contributed by atoms with Crippen molar-refractivity contribution in [3.63, 3.8) is 0 Å². The number of benzene rings is 2. The van der Waals surface area contributed by atoms with E-state index >= 15 is 0 Å². The summed E-state index contributed by atoms with van der Waals surface area (Å²) in [5.74, 6) is 0.0270. The zero-order valence-corrected chi connectivity index (χ0v) is 22.5. The molecule has 0 saturated carbocycles. The first-order valence-electron chi connectivity index (χ1n) is 11.7. The summed E-state index contributed by atoms with van der Waals surface area (Å²) < 4.78 is 34.2. The van der Waals surface area contributed by atoms with Gasteiger partial charge >= 0.3 is 5.97 Å². The molecule has 2 aromatic carbocycles. The van der Waals surface area contributed by atoms with Crippen LogP contribution in [0.15, 0.2) is 53.4 Å². The van der Waals surface area contributed by atoms with Gasteiger partial charge in [0.25, 0.3) is 0 Å². The van der Waals surface area contributed by atoms with E-state index in [-0.39, 0.29) is 24.6 Å². The fourth-order valence-electron chi connectivity index (χ4n) is 4.05. The van der Waals surface area contributed by atoms with Crippen LogP contribution in [0, 0.1) is 19.8 Å². The molecule has 0 atom stereocenters. The number of hydrogen-bond acceptors (Lipinski definition) is 4. The first kappa shape index (κ1) is 27.0. The van der Waals surface area contributed by atoms with Crippen LogP contribution in [0.25, 0.3) is 0 Å². The number of sulfonamides is 1. The van der Waals surface area contributed by atoms with Crippen LogP contribution in [-0.2, 0) is 34.3 Å². The molecule has 188 valence electrons. The maximum Gasteiger partial charge on any atom is 0.355 e. The van der Waals surface area contributed by atoms with Crippen LogP contribution in [0.3, 0.4) is 0 Å². The summed E-state index contributed by atoms with van der Waals surface area (Å²) >= 11 is 6.03. The standard InChI is InChI=1S/C27H33ClN2O4S/c1-6-34-27(31)26-19(4)25(20(5)29-26)17-30(16-22-7-11-23(28)12-8-22)35(32,33)24-13-9-21(10-14-24)15-18(2)3/h7-14,18,29H,6,15-17H2,1-5H3. The van der Waals surface area contributed by atoms with E-state index in [1.807, 2.05) is 31.2 Å². The quantitative estimate of drug-likeness (QED) is 0.332. The van der Waals surface area contributed by atoms with Gasteiger partial charge in [0.15, 0.2) is 0 Å². The predicted octanol–water partition coefficient (Wildman–Crippen LogP) is 6.05. The van der Waals surface area contributed by atoms with Crippen LogP contribution in [0.2, 0.25) is 5.02 Å². The molecule has 0 aliphatic carbocycles. The van der Waals surface area contributed by atoms with Crippen molar-refractivity contribution in [2.75, 3.05) is 6.61 Å². The van der Waals surface area contributed by atoms with Crippen molar-refractivity contribution in [1.29, 1.82) is 0 Å². The molecule has 3 aromatic rings. The Kier molecular flexibility index (Phi) is 8.80. The molecule has 0 spiro atoms. The van der Waals surface area contributed by atoms with Gasteiger partial charge in [0.1, 0.15) is 5.69 Å². The second kappa shape index (κ2) is 11.4. The van der Waals surface area contributed by atoms with Crippen molar-refractivity contribution < 1.29 is 17.9 Å². The molecule has 0 saturated heterocycles. The highest BCUT2D eigenvalue weighted by Gasteiger charge is 2.28. The summed E-state index contributed by atoms with van der Waals surface area (Å²) in [5.41, 5.74) is 4.42. The number of H-pyrrole nitrogens is 1. The molecule has 1 N–H and O–H groups in total. The van der Waals surface area contributed by atoms with Crippen LogP contribution in [0.4, 0.5) is 0 Å². The minimum absolute atomic E-state index is 0.103. The third-order valence-electron chi connectivity index (χ3n) is 5.88. The van der Waals surface area contributed by atoms with Crippen LogP contribution >= 0.6 is 11.6 Å². The van der Waals surface area contributed by atoms with Gasteiger partial charge in [-0.3, -0.25) is 0 Å². The third kappa shape index (κ3) is 6.54. The first-order chi connectivity index (χ1) is 16.5. The number of halogens is 1. The lowest BCUT2D eigenvalue weighted by molar-refractivity contribution is 0.0519. The molecule has 0 aliphatic rings. The molecule has 1 heterocycles. The normalized spacial score (nSPS) is 11.9. The Labute approximate surface area is 213 Å². The third-order valence-corrected chi connectivity index (χ3v) is 7.94. The van der Waals surface area contributed by atoms with E-state index in [9.17, 15) is 13.2 Å². The topological polar surface area (TPSA) is 79.5 Å². The molecule has 0 radical (unpaired) electrons. The number of carbonyl (C=O) groups excluding carboxylic acids is 1. The maximum atomic E-state index is 13.8. The number of aryl methyl sites for hydroxylation is 1. The zero-order valence-electron chi connectivity index (χ0n) is 20.9. The minimum Gasteiger partial charge on any atom is -0.461 e. The summed E-state index contributed by atoms with van der Waals surface area (Å²) in [5, 5.41) is 0.584. The molecule has 8 heteroatoms. The van der Waals surface area contributed by atoms with E-state index in [1.54, 1.807) is 38.1 Å². The Morgan fingerprint density at radius 3 is 2.17 bits per heavy atom. The molecule has 0 unspecified atom stereocenters. The molecule has 0 amide bonds. The van der Waals surface area contributed by atoms with Gasteiger partial charge < -0.3 is 9.72 Å². The molecule has 0 fully saturated rings. The van der Waals surface area contributed by atoms with E-state index in [0.717, 1.165) is 28.8 Å². The lowest BCUT2D eigenvalue weighted by Gasteiger charge is -2.23. The Morgan fingerprint density at radius 2 is 1.60 bits per heavy atom. The number of nitrogens with one attached hydrogen (secondary N) is 1. The fraction of sp³-hybridized carbons (Fsp3) is 0.370. The second-order valence-corrected chi connectivity index (χ2v) is 11.5. The van der Waals surface area contributed by atoms with Gasteiger partial charge in [-0.1, -0.05) is 49.7 Å². The number of aromatic amines is 1. The number of hydrogen-bond donors (Lipinski definition) is 1. The smallest absolute Gasteiger partial charge is 0.355 e. The Bertz CT molecular complexity index is 1260. The summed E-state index contributed by atoms with van der Waals surface area (Å²) in [6, 6.07) is 14.2. The highest BCUT2D eigenvalue weighted by atomic mass is 35.5. The van der Waals surface area contributed by atoms with Gasteiger partial charge in [0.2, 0.25) is 10.0 Å². The Morgan fingerprint density at radius 1 is 1.00 bits per heavy atom. The van der Waals surface area contributed by atoms with Gasteiger partial charge in [-0.2, -0.15) is 4.31 Å². The van der Waals surface area contributed by atoms with Gasteiger partial charge in [0, 0.05) is 23.8 Å². The van der Waals surface area contributed by atoms with E-state index < -0.39 is 16.0 Å². The largest absolute Gasteiger partial charge is 0.461 e. The van der Waals surface area contributed by atoms with Crippen molar-refractivity contribution >= 4 is 27.6 Å². The first-order valence-corrected chi connectivity index (χ1v) is 13.5. The molecule has 35 heavy (non-hydrogen) atoms. The van der Waals surface area contributed by atoms with Gasteiger partial charge in [-0.15, -0.1) is 0 Å². The Hall–Kier alpha value is -2.61. The molecule has 3 rings (SSSR count). The number of ether oxygens (including phenoxy) is 1. The van der Waals surface area contributed by atoms with Gasteiger partial charge in [-0.05, 0) is 79.6 Å². The molecular formula is C27H33ClN2O4S. The number of esters is 1. The lowest BCUT2D eigenvalue weighted by atomic mass is 10.0. The highest BCUT2D eigenvalue weighted by molar-refractivity contribution is 7.89. The Balaban J connectivity index is 2.00. The number of carbonyl (C=O) groups is 1. The lowest BCUT2D eigenvalue weighted by Crippen LogP contribution is -2.30. The molecule has 0 aliphatic heterocycles. The fourth-order valence-corrected chi connectivity index (χ4v) is 5.57. The van der Waals surface area contributed by atoms with E-state index in [4.69, 9.17) is 16.3 Å². The second-order valence-electron chi connectivity index (χ2n) is 9.09. The van der Waals surface area contributed by atoms with E-state index in [2.05, 4.69) is 18.8 Å². The monoisotopic (exact) mass is 516 g/mol. The molecule has 1 aromatic heterocycles. The van der Waals surface area contributed by atoms with Crippen LogP contribution in [0.1, 0.15) is 59.2 Å². The highest BCUT2D eigenvalue weighted by Crippen LogP contribution is 2.27. The van der Waals surface area contributed by atoms with Gasteiger partial charge in [-0.25, -0.2) is 13.2 Å². The molecule has 6 nitrogen and oxygen atoms in total. The van der Waals surface area contributed by atoms with Crippen molar-refractivity contribution in [3.05, 3.63) is 87.2 Å². The van der Waals surface area contributed by atoms with E-state index in [1.165, 1.54) is 4.31 Å². The minimum atomic E-state index is -3.84. The van der Waals surface area contributed by atoms with Crippen molar-refractivity contribution in [2.24, 2.45) is 5.92 Å². The number of nitrogens with zero attached hydrogens (tertiary/aromatic N) is 1. The summed E-state index contributed by atoms with van der Waals surface area (Å²) in [6.07, 6.45) is 0.882. The predicted molar refractivity (Wildman–Crippen MR) is 139 cm³/mol. The number of rotatable bonds is 10. The summed E-state index contributed by atoms with van der Waals surface area (Å²) in [6.45, 7) is 10.2. The van der Waals surface area contributed by atoms with Crippen molar-refractivity contribution in [3.8, 4) is 0 Å². The number of aromatic nitrogens is 1. The van der Waals surface area contributed by atoms with Crippen molar-refractivity contribution in [1.82, 2.24) is 9.29 Å². The molecule has 0 bridgehead atoms.